The van der Waals surface area contributed by atoms with Crippen LogP contribution in [-0.4, -0.2) is 16.6 Å². The summed E-state index contributed by atoms with van der Waals surface area (Å²) < 4.78 is 13.8. The van der Waals surface area contributed by atoms with E-state index in [1.807, 2.05) is 31.2 Å². The third-order valence-electron chi connectivity index (χ3n) is 4.15. The van der Waals surface area contributed by atoms with Crippen molar-refractivity contribution in [2.24, 2.45) is 0 Å². The summed E-state index contributed by atoms with van der Waals surface area (Å²) in [5, 5.41) is 23.4. The van der Waals surface area contributed by atoms with E-state index in [-0.39, 0.29) is 12.4 Å². The van der Waals surface area contributed by atoms with E-state index in [0.717, 1.165) is 11.1 Å². The van der Waals surface area contributed by atoms with Gasteiger partial charge < -0.3 is 10.4 Å². The van der Waals surface area contributed by atoms with Crippen molar-refractivity contribution in [3.05, 3.63) is 70.7 Å². The predicted molar refractivity (Wildman–Crippen MR) is 95.8 cm³/mol. The molecule has 0 bridgehead atoms. The van der Waals surface area contributed by atoms with Gasteiger partial charge in [0.2, 0.25) is 0 Å². The summed E-state index contributed by atoms with van der Waals surface area (Å²) in [4.78, 5) is 4.26. The number of nitrogens with one attached hydrogen (secondary N) is 1. The van der Waals surface area contributed by atoms with Gasteiger partial charge in [-0.2, -0.15) is 5.26 Å². The van der Waals surface area contributed by atoms with Crippen LogP contribution in [0.4, 0.5) is 10.1 Å². The predicted octanol–water partition coefficient (Wildman–Crippen LogP) is 4.01. The number of nitriles is 1. The molecule has 0 aliphatic rings. The molecule has 25 heavy (non-hydrogen) atoms. The Labute approximate surface area is 145 Å². The maximum atomic E-state index is 13.8. The highest BCUT2D eigenvalue weighted by molar-refractivity contribution is 5.95. The van der Waals surface area contributed by atoms with Crippen LogP contribution in [-0.2, 0) is 0 Å². The number of nitrogens with zero attached hydrogens (tertiary/aromatic N) is 2. The first-order valence-corrected chi connectivity index (χ1v) is 7.97. The zero-order valence-electron chi connectivity index (χ0n) is 14.0. The molecule has 1 atom stereocenters. The summed E-state index contributed by atoms with van der Waals surface area (Å²) in [6.45, 7) is 3.93. The van der Waals surface area contributed by atoms with Gasteiger partial charge in [-0.15, -0.1) is 0 Å². The number of anilines is 1. The van der Waals surface area contributed by atoms with Crippen molar-refractivity contribution in [1.29, 1.82) is 5.26 Å². The molecule has 5 heteroatoms. The van der Waals surface area contributed by atoms with Crippen LogP contribution in [0.25, 0.3) is 10.9 Å². The van der Waals surface area contributed by atoms with Gasteiger partial charge in [-0.25, -0.2) is 4.39 Å². The molecule has 2 N–H and O–H groups in total. The van der Waals surface area contributed by atoms with Crippen molar-refractivity contribution in [2.45, 2.75) is 20.0 Å². The second-order valence-electron chi connectivity index (χ2n) is 6.09. The van der Waals surface area contributed by atoms with E-state index in [1.54, 1.807) is 6.92 Å². The van der Waals surface area contributed by atoms with Crippen molar-refractivity contribution in [2.75, 3.05) is 11.9 Å². The third kappa shape index (κ3) is 3.44. The molecule has 0 radical (unpaired) electrons. The number of pyridine rings is 1. The lowest BCUT2D eigenvalue weighted by Crippen LogP contribution is -2.13. The first-order valence-electron chi connectivity index (χ1n) is 7.97. The van der Waals surface area contributed by atoms with Gasteiger partial charge in [0.15, 0.2) is 0 Å². The van der Waals surface area contributed by atoms with E-state index in [9.17, 15) is 14.8 Å². The molecule has 0 saturated heterocycles. The third-order valence-corrected chi connectivity index (χ3v) is 4.15. The number of aryl methyl sites for hydroxylation is 2. The largest absolute Gasteiger partial charge is 0.387 e. The second-order valence-corrected chi connectivity index (χ2v) is 6.09. The van der Waals surface area contributed by atoms with Crippen LogP contribution in [0.1, 0.15) is 28.4 Å². The van der Waals surface area contributed by atoms with Crippen LogP contribution in [0.15, 0.2) is 42.6 Å². The Kier molecular flexibility index (Phi) is 4.64. The smallest absolute Gasteiger partial charge is 0.124 e. The molecule has 0 saturated carbocycles. The van der Waals surface area contributed by atoms with E-state index >= 15 is 0 Å². The highest BCUT2D eigenvalue weighted by atomic mass is 19.1. The maximum absolute atomic E-state index is 13.8. The van der Waals surface area contributed by atoms with Crippen molar-refractivity contribution in [1.82, 2.24) is 4.98 Å². The molecule has 0 aliphatic heterocycles. The lowest BCUT2D eigenvalue weighted by molar-refractivity contribution is 0.191. The Morgan fingerprint density at radius 3 is 2.80 bits per heavy atom. The second kappa shape index (κ2) is 6.88. The number of halogens is 1. The average Bonchev–Trinajstić information content (AvgIpc) is 2.59. The van der Waals surface area contributed by atoms with Gasteiger partial charge in [-0.1, -0.05) is 29.8 Å². The van der Waals surface area contributed by atoms with Gasteiger partial charge in [0.1, 0.15) is 11.9 Å². The van der Waals surface area contributed by atoms with E-state index in [0.29, 0.717) is 27.7 Å². The molecule has 0 spiro atoms. The zero-order chi connectivity index (χ0) is 18.0. The van der Waals surface area contributed by atoms with Crippen LogP contribution in [0, 0.1) is 31.0 Å². The quantitative estimate of drug-likeness (QED) is 0.756. The summed E-state index contributed by atoms with van der Waals surface area (Å²) in [6, 6.07) is 12.4. The standard InChI is InChI=1S/C20H18FN3O/c1-12-4-3-5-14(6-12)18(25)11-24-20-15(9-22)10-23-19-13(2)7-16(21)8-17(19)20/h3-8,10,18,25H,11H2,1-2H3,(H,23,24). The van der Waals surface area contributed by atoms with Crippen LogP contribution < -0.4 is 5.32 Å². The number of aliphatic hydroxyl groups excluding tert-OH is 1. The number of hydrogen-bond acceptors (Lipinski definition) is 4. The highest BCUT2D eigenvalue weighted by Gasteiger charge is 2.14. The van der Waals surface area contributed by atoms with Gasteiger partial charge in [0.25, 0.3) is 0 Å². The number of rotatable bonds is 4. The first kappa shape index (κ1) is 16.9. The number of benzene rings is 2. The molecule has 0 amide bonds. The van der Waals surface area contributed by atoms with Gasteiger partial charge in [0, 0.05) is 18.1 Å². The molecule has 1 unspecified atom stereocenters. The molecule has 4 nitrogen and oxygen atoms in total. The fourth-order valence-electron chi connectivity index (χ4n) is 2.91. The van der Waals surface area contributed by atoms with Gasteiger partial charge >= 0.3 is 0 Å². The molecule has 1 heterocycles. The number of aromatic nitrogens is 1. The summed E-state index contributed by atoms with van der Waals surface area (Å²) in [6.07, 6.45) is 0.721. The van der Waals surface area contributed by atoms with Gasteiger partial charge in [-0.05, 0) is 37.1 Å². The molecular weight excluding hydrogens is 317 g/mol. The fourth-order valence-corrected chi connectivity index (χ4v) is 2.91. The molecule has 3 aromatic rings. The van der Waals surface area contributed by atoms with E-state index < -0.39 is 6.10 Å². The van der Waals surface area contributed by atoms with Gasteiger partial charge in [0.05, 0.1) is 22.9 Å². The SMILES string of the molecule is Cc1cccc(C(O)CNc2c(C#N)cnc3c(C)cc(F)cc23)c1. The van der Waals surface area contributed by atoms with Crippen molar-refractivity contribution in [3.8, 4) is 6.07 Å². The summed E-state index contributed by atoms with van der Waals surface area (Å²) in [5.41, 5.74) is 3.97. The lowest BCUT2D eigenvalue weighted by atomic mass is 10.0. The molecular formula is C20H18FN3O. The number of aliphatic hydroxyl groups is 1. The number of hydrogen-bond donors (Lipinski definition) is 2. The molecule has 3 rings (SSSR count). The Morgan fingerprint density at radius 1 is 1.28 bits per heavy atom. The normalized spacial score (nSPS) is 12.0. The minimum Gasteiger partial charge on any atom is -0.387 e. The monoisotopic (exact) mass is 335 g/mol. The van der Waals surface area contributed by atoms with Crippen LogP contribution in [0.2, 0.25) is 0 Å². The van der Waals surface area contributed by atoms with Crippen LogP contribution >= 0.6 is 0 Å². The Balaban J connectivity index is 1.96. The van der Waals surface area contributed by atoms with Crippen LogP contribution in [0.5, 0.6) is 0 Å². The van der Waals surface area contributed by atoms with Crippen molar-refractivity contribution >= 4 is 16.6 Å². The summed E-state index contributed by atoms with van der Waals surface area (Å²) in [5.74, 6) is -0.385. The van der Waals surface area contributed by atoms with Crippen LogP contribution in [0.3, 0.4) is 0 Å². The topological polar surface area (TPSA) is 68.9 Å². The first-order chi connectivity index (χ1) is 12.0. The minimum absolute atomic E-state index is 0.201. The maximum Gasteiger partial charge on any atom is 0.124 e. The Bertz CT molecular complexity index is 979. The lowest BCUT2D eigenvalue weighted by Gasteiger charge is -2.16. The fraction of sp³-hybridized carbons (Fsp3) is 0.200. The molecule has 1 aromatic heterocycles. The van der Waals surface area contributed by atoms with E-state index in [4.69, 9.17) is 0 Å². The highest BCUT2D eigenvalue weighted by Crippen LogP contribution is 2.29. The Morgan fingerprint density at radius 2 is 2.08 bits per heavy atom. The average molecular weight is 335 g/mol. The molecule has 126 valence electrons. The molecule has 0 fully saturated rings. The number of fused-ring (bicyclic) bond motifs is 1. The van der Waals surface area contributed by atoms with Crippen molar-refractivity contribution < 1.29 is 9.50 Å². The zero-order valence-corrected chi connectivity index (χ0v) is 14.0. The van der Waals surface area contributed by atoms with E-state index in [1.165, 1.54) is 18.3 Å². The molecule has 0 aliphatic carbocycles. The Hall–Kier alpha value is -2.97. The van der Waals surface area contributed by atoms with Gasteiger partial charge in [-0.3, -0.25) is 4.98 Å². The van der Waals surface area contributed by atoms with Crippen molar-refractivity contribution in [3.63, 3.8) is 0 Å². The summed E-state index contributed by atoms with van der Waals surface area (Å²) in [7, 11) is 0. The summed E-state index contributed by atoms with van der Waals surface area (Å²) >= 11 is 0. The molecule has 2 aromatic carbocycles. The minimum atomic E-state index is -0.746. The van der Waals surface area contributed by atoms with E-state index in [2.05, 4.69) is 16.4 Å².